The highest BCUT2D eigenvalue weighted by atomic mass is 32.2. The third-order valence-electron chi connectivity index (χ3n) is 5.54. The Bertz CT molecular complexity index is 781. The van der Waals surface area contributed by atoms with Crippen molar-refractivity contribution in [2.24, 2.45) is 0 Å². The van der Waals surface area contributed by atoms with Crippen molar-refractivity contribution in [2.45, 2.75) is 77.0 Å². The summed E-state index contributed by atoms with van der Waals surface area (Å²) in [4.78, 5) is 29.4. The molecule has 1 aliphatic carbocycles. The summed E-state index contributed by atoms with van der Waals surface area (Å²) in [5, 5.41) is 6.59. The lowest BCUT2D eigenvalue weighted by molar-refractivity contribution is -0.139. The molecule has 0 aromatic carbocycles. The molecule has 1 atom stereocenters. The smallest absolute Gasteiger partial charge is 0.337 e. The van der Waals surface area contributed by atoms with E-state index in [1.165, 1.54) is 31.4 Å². The quantitative estimate of drug-likeness (QED) is 0.534. The summed E-state index contributed by atoms with van der Waals surface area (Å²) < 4.78 is 7.59. The normalized spacial score (nSPS) is 20.3. The molecule has 1 aliphatic heterocycles. The zero-order valence-corrected chi connectivity index (χ0v) is 17.9. The summed E-state index contributed by atoms with van der Waals surface area (Å²) >= 11 is 1.57. The Hall–Kier alpha value is -1.96. The maximum atomic E-state index is 12.5. The molecule has 0 bridgehead atoms. The molecule has 154 valence electrons. The van der Waals surface area contributed by atoms with Gasteiger partial charge in [0.2, 0.25) is 0 Å². The molecule has 1 unspecified atom stereocenters. The highest BCUT2D eigenvalue weighted by Crippen LogP contribution is 2.36. The molecule has 1 saturated carbocycles. The van der Waals surface area contributed by atoms with Gasteiger partial charge in [-0.3, -0.25) is 0 Å². The lowest BCUT2D eigenvalue weighted by atomic mass is 10.0. The Balaban J connectivity index is 1.87. The van der Waals surface area contributed by atoms with E-state index in [9.17, 15) is 9.59 Å². The molecule has 2 N–H and O–H groups in total. The summed E-state index contributed by atoms with van der Waals surface area (Å²) in [6.07, 6.45) is 5.50. The Morgan fingerprint density at radius 3 is 2.64 bits per heavy atom. The minimum absolute atomic E-state index is 0.276. The van der Waals surface area contributed by atoms with E-state index in [1.54, 1.807) is 18.7 Å². The third-order valence-corrected chi connectivity index (χ3v) is 6.52. The van der Waals surface area contributed by atoms with E-state index in [0.717, 1.165) is 10.9 Å². The lowest BCUT2D eigenvalue weighted by Crippen LogP contribution is -2.50. The van der Waals surface area contributed by atoms with Crippen LogP contribution in [0.15, 0.2) is 16.4 Å². The fourth-order valence-corrected chi connectivity index (χ4v) is 5.13. The molecule has 0 saturated heterocycles. The van der Waals surface area contributed by atoms with Crippen molar-refractivity contribution in [3.05, 3.63) is 22.7 Å². The SMILES string of the molecule is CCOC(=O)C1=C(CSc2nc(C)c(C)n2C2CCCC2)NC(=O)NC1CC. The highest BCUT2D eigenvalue weighted by molar-refractivity contribution is 7.99. The number of hydrogen-bond donors (Lipinski definition) is 2. The number of aryl methyl sites for hydroxylation is 1. The van der Waals surface area contributed by atoms with Crippen LogP contribution in [0.2, 0.25) is 0 Å². The number of aromatic nitrogens is 2. The fraction of sp³-hybridized carbons (Fsp3) is 0.650. The monoisotopic (exact) mass is 406 g/mol. The molecule has 8 heteroatoms. The zero-order chi connectivity index (χ0) is 20.3. The summed E-state index contributed by atoms with van der Waals surface area (Å²) in [5.74, 6) is 0.102. The highest BCUT2D eigenvalue weighted by Gasteiger charge is 2.32. The molecule has 2 aliphatic rings. The molecule has 1 fully saturated rings. The molecule has 28 heavy (non-hydrogen) atoms. The molecule has 1 aromatic rings. The van der Waals surface area contributed by atoms with Gasteiger partial charge in [-0.1, -0.05) is 31.5 Å². The van der Waals surface area contributed by atoms with Gasteiger partial charge in [0.05, 0.1) is 23.9 Å². The van der Waals surface area contributed by atoms with Gasteiger partial charge in [0.1, 0.15) is 0 Å². The van der Waals surface area contributed by atoms with Gasteiger partial charge in [-0.15, -0.1) is 0 Å². The van der Waals surface area contributed by atoms with Crippen molar-refractivity contribution in [2.75, 3.05) is 12.4 Å². The van der Waals surface area contributed by atoms with E-state index in [0.29, 0.717) is 36.1 Å². The van der Waals surface area contributed by atoms with Gasteiger partial charge in [0.15, 0.2) is 5.16 Å². The van der Waals surface area contributed by atoms with Gasteiger partial charge in [-0.05, 0) is 40.0 Å². The van der Waals surface area contributed by atoms with Crippen molar-refractivity contribution < 1.29 is 14.3 Å². The van der Waals surface area contributed by atoms with E-state index in [-0.39, 0.29) is 18.0 Å². The topological polar surface area (TPSA) is 85.2 Å². The van der Waals surface area contributed by atoms with E-state index in [4.69, 9.17) is 9.72 Å². The van der Waals surface area contributed by atoms with Crippen LogP contribution in [0.25, 0.3) is 0 Å². The summed E-state index contributed by atoms with van der Waals surface area (Å²) in [5.41, 5.74) is 3.38. The molecule has 0 radical (unpaired) electrons. The first-order chi connectivity index (χ1) is 13.5. The number of thioether (sulfide) groups is 1. The van der Waals surface area contributed by atoms with Crippen molar-refractivity contribution in [3.8, 4) is 0 Å². The van der Waals surface area contributed by atoms with Crippen molar-refractivity contribution in [3.63, 3.8) is 0 Å². The van der Waals surface area contributed by atoms with Crippen LogP contribution in [-0.4, -0.2) is 40.0 Å². The average Bonchev–Trinajstić information content (AvgIpc) is 3.28. The van der Waals surface area contributed by atoms with Gasteiger partial charge >= 0.3 is 12.0 Å². The van der Waals surface area contributed by atoms with Gasteiger partial charge in [-0.2, -0.15) is 0 Å². The minimum Gasteiger partial charge on any atom is -0.463 e. The van der Waals surface area contributed by atoms with Crippen LogP contribution in [0, 0.1) is 13.8 Å². The number of hydrogen-bond acceptors (Lipinski definition) is 5. The Kier molecular flexibility index (Phi) is 6.69. The number of esters is 1. The van der Waals surface area contributed by atoms with Crippen molar-refractivity contribution in [1.29, 1.82) is 0 Å². The second-order valence-electron chi connectivity index (χ2n) is 7.33. The first-order valence-electron chi connectivity index (χ1n) is 10.1. The van der Waals surface area contributed by atoms with Gasteiger partial charge in [-0.25, -0.2) is 14.6 Å². The van der Waals surface area contributed by atoms with E-state index in [1.807, 2.05) is 13.8 Å². The van der Waals surface area contributed by atoms with Gasteiger partial charge in [0, 0.05) is 23.2 Å². The van der Waals surface area contributed by atoms with Gasteiger partial charge < -0.3 is 19.9 Å². The second-order valence-corrected chi connectivity index (χ2v) is 8.28. The summed E-state index contributed by atoms with van der Waals surface area (Å²) in [7, 11) is 0. The second kappa shape index (κ2) is 9.03. The molecular weight excluding hydrogens is 376 g/mol. The maximum Gasteiger partial charge on any atom is 0.337 e. The number of carbonyl (C=O) groups is 2. The average molecular weight is 407 g/mol. The predicted molar refractivity (Wildman–Crippen MR) is 109 cm³/mol. The fourth-order valence-electron chi connectivity index (χ4n) is 4.00. The van der Waals surface area contributed by atoms with E-state index in [2.05, 4.69) is 22.1 Å². The van der Waals surface area contributed by atoms with Crippen LogP contribution in [-0.2, 0) is 9.53 Å². The number of nitrogens with one attached hydrogen (secondary N) is 2. The first kappa shape index (κ1) is 20.8. The molecule has 7 nitrogen and oxygen atoms in total. The standard InChI is InChI=1S/C20H30N4O3S/c1-5-15-17(18(25)27-6-2)16(23-19(26)22-15)11-28-20-21-12(3)13(4)24(20)14-9-7-8-10-14/h14-15H,5-11H2,1-4H3,(H2,22,23,26). The van der Waals surface area contributed by atoms with Crippen LogP contribution in [0.4, 0.5) is 4.79 Å². The molecule has 2 heterocycles. The number of nitrogens with zero attached hydrogens (tertiary/aromatic N) is 2. The molecule has 1 aromatic heterocycles. The maximum absolute atomic E-state index is 12.5. The van der Waals surface area contributed by atoms with E-state index >= 15 is 0 Å². The number of amides is 2. The van der Waals surface area contributed by atoms with Crippen molar-refractivity contribution >= 4 is 23.8 Å². The van der Waals surface area contributed by atoms with Crippen LogP contribution < -0.4 is 10.6 Å². The Morgan fingerprint density at radius 1 is 1.29 bits per heavy atom. The first-order valence-corrected chi connectivity index (χ1v) is 11.1. The number of urea groups is 1. The largest absolute Gasteiger partial charge is 0.463 e. The van der Waals surface area contributed by atoms with E-state index < -0.39 is 0 Å². The number of imidazole rings is 1. The molecule has 3 rings (SSSR count). The molecule has 2 amide bonds. The minimum atomic E-state index is -0.371. The van der Waals surface area contributed by atoms with Crippen LogP contribution in [0.1, 0.15) is 63.4 Å². The summed E-state index contributed by atoms with van der Waals surface area (Å²) in [6, 6.07) is -0.114. The summed E-state index contributed by atoms with van der Waals surface area (Å²) in [6.45, 7) is 8.19. The Labute approximate surface area is 170 Å². The molecule has 0 spiro atoms. The van der Waals surface area contributed by atoms with Crippen molar-refractivity contribution in [1.82, 2.24) is 20.2 Å². The van der Waals surface area contributed by atoms with Crippen LogP contribution in [0.5, 0.6) is 0 Å². The molecular formula is C20H30N4O3S. The number of ether oxygens (including phenoxy) is 1. The van der Waals surface area contributed by atoms with Crippen LogP contribution >= 0.6 is 11.8 Å². The number of carbonyl (C=O) groups excluding carboxylic acids is 2. The van der Waals surface area contributed by atoms with Gasteiger partial charge in [0.25, 0.3) is 0 Å². The predicted octanol–water partition coefficient (Wildman–Crippen LogP) is 3.62. The van der Waals surface area contributed by atoms with Crippen LogP contribution in [0.3, 0.4) is 0 Å². The number of rotatable bonds is 7. The third kappa shape index (κ3) is 4.21. The Morgan fingerprint density at radius 2 is 2.00 bits per heavy atom. The zero-order valence-electron chi connectivity index (χ0n) is 17.1. The lowest BCUT2D eigenvalue weighted by Gasteiger charge is -2.28.